The monoisotopic (exact) mass is 295 g/mol. The lowest BCUT2D eigenvalue weighted by Gasteiger charge is -2.35. The summed E-state index contributed by atoms with van der Waals surface area (Å²) < 4.78 is 4.66. The van der Waals surface area contributed by atoms with Gasteiger partial charge in [0.15, 0.2) is 5.13 Å². The second-order valence-electron chi connectivity index (χ2n) is 5.59. The number of ether oxygens (including phenoxy) is 1. The van der Waals surface area contributed by atoms with E-state index in [-0.39, 0.29) is 12.4 Å². The lowest BCUT2D eigenvalue weighted by atomic mass is 9.98. The lowest BCUT2D eigenvalue weighted by molar-refractivity contribution is -0.139. The number of hydrogen-bond donors (Lipinski definition) is 1. The van der Waals surface area contributed by atoms with Crippen molar-refractivity contribution in [3.05, 3.63) is 11.1 Å². The zero-order valence-electron chi connectivity index (χ0n) is 11.8. The molecule has 1 N–H and O–H groups in total. The minimum Gasteiger partial charge on any atom is -0.469 e. The van der Waals surface area contributed by atoms with Gasteiger partial charge < -0.3 is 15.0 Å². The number of thiazole rings is 1. The highest BCUT2D eigenvalue weighted by Gasteiger charge is 2.31. The fourth-order valence-electron chi connectivity index (χ4n) is 3.20. The SMILES string of the molecule is COC(=O)Cc1csc(NC2CCN3CCCC3C2)n1. The van der Waals surface area contributed by atoms with Gasteiger partial charge in [-0.3, -0.25) is 4.79 Å². The van der Waals surface area contributed by atoms with Crippen molar-refractivity contribution in [2.45, 2.75) is 44.2 Å². The van der Waals surface area contributed by atoms with E-state index in [1.807, 2.05) is 5.38 Å². The fourth-order valence-corrected chi connectivity index (χ4v) is 3.99. The molecule has 3 heterocycles. The maximum atomic E-state index is 11.2. The molecule has 2 fully saturated rings. The lowest BCUT2D eigenvalue weighted by Crippen LogP contribution is -2.42. The first-order valence-electron chi connectivity index (χ1n) is 7.26. The number of esters is 1. The van der Waals surface area contributed by atoms with Crippen LogP contribution in [0, 0.1) is 0 Å². The molecular weight excluding hydrogens is 274 g/mol. The van der Waals surface area contributed by atoms with Crippen molar-refractivity contribution in [3.63, 3.8) is 0 Å². The molecule has 2 aliphatic heterocycles. The molecule has 1 aromatic rings. The molecule has 1 aromatic heterocycles. The van der Waals surface area contributed by atoms with Gasteiger partial charge in [-0.25, -0.2) is 4.98 Å². The Balaban J connectivity index is 1.54. The number of carbonyl (C=O) groups is 1. The van der Waals surface area contributed by atoms with Crippen LogP contribution in [0.3, 0.4) is 0 Å². The van der Waals surface area contributed by atoms with Gasteiger partial charge in [-0.05, 0) is 32.2 Å². The highest BCUT2D eigenvalue weighted by molar-refractivity contribution is 7.13. The molecule has 5 nitrogen and oxygen atoms in total. The molecule has 0 aliphatic carbocycles. The van der Waals surface area contributed by atoms with E-state index >= 15 is 0 Å². The van der Waals surface area contributed by atoms with Gasteiger partial charge >= 0.3 is 5.97 Å². The van der Waals surface area contributed by atoms with Crippen LogP contribution >= 0.6 is 11.3 Å². The minimum absolute atomic E-state index is 0.235. The second kappa shape index (κ2) is 6.10. The van der Waals surface area contributed by atoms with Crippen molar-refractivity contribution in [3.8, 4) is 0 Å². The molecule has 2 saturated heterocycles. The van der Waals surface area contributed by atoms with Crippen LogP contribution in [0.4, 0.5) is 5.13 Å². The zero-order chi connectivity index (χ0) is 13.9. The fraction of sp³-hybridized carbons (Fsp3) is 0.714. The minimum atomic E-state index is -0.235. The Bertz CT molecular complexity index is 477. The summed E-state index contributed by atoms with van der Waals surface area (Å²) in [6.45, 7) is 2.47. The van der Waals surface area contributed by atoms with Crippen LogP contribution in [0.15, 0.2) is 5.38 Å². The molecule has 2 unspecified atom stereocenters. The number of anilines is 1. The number of fused-ring (bicyclic) bond motifs is 1. The number of rotatable bonds is 4. The van der Waals surface area contributed by atoms with E-state index in [0.717, 1.165) is 16.9 Å². The predicted molar refractivity (Wildman–Crippen MR) is 79.1 cm³/mol. The topological polar surface area (TPSA) is 54.5 Å². The van der Waals surface area contributed by atoms with Gasteiger partial charge in [0.05, 0.1) is 19.2 Å². The van der Waals surface area contributed by atoms with Gasteiger partial charge in [-0.15, -0.1) is 11.3 Å². The summed E-state index contributed by atoms with van der Waals surface area (Å²) in [5.41, 5.74) is 0.794. The van der Waals surface area contributed by atoms with E-state index in [9.17, 15) is 4.79 Å². The Labute approximate surface area is 123 Å². The van der Waals surface area contributed by atoms with E-state index in [1.165, 1.54) is 45.9 Å². The first kappa shape index (κ1) is 13.8. The highest BCUT2D eigenvalue weighted by Crippen LogP contribution is 2.29. The average molecular weight is 295 g/mol. The van der Waals surface area contributed by atoms with Gasteiger partial charge in [-0.1, -0.05) is 0 Å². The quantitative estimate of drug-likeness (QED) is 0.860. The number of nitrogens with one attached hydrogen (secondary N) is 1. The summed E-state index contributed by atoms with van der Waals surface area (Å²) in [6, 6.07) is 1.28. The number of nitrogens with zero attached hydrogens (tertiary/aromatic N) is 2. The number of aromatic nitrogens is 1. The molecule has 3 rings (SSSR count). The summed E-state index contributed by atoms with van der Waals surface area (Å²) in [6.07, 6.45) is 5.34. The highest BCUT2D eigenvalue weighted by atomic mass is 32.1. The van der Waals surface area contributed by atoms with Gasteiger partial charge in [0, 0.05) is 24.0 Å². The molecule has 6 heteroatoms. The Morgan fingerprint density at radius 3 is 3.30 bits per heavy atom. The maximum Gasteiger partial charge on any atom is 0.311 e. The molecule has 110 valence electrons. The maximum absolute atomic E-state index is 11.2. The molecule has 0 radical (unpaired) electrons. The number of piperidine rings is 1. The van der Waals surface area contributed by atoms with E-state index < -0.39 is 0 Å². The van der Waals surface area contributed by atoms with Crippen LogP contribution in [-0.4, -0.2) is 48.1 Å². The summed E-state index contributed by atoms with van der Waals surface area (Å²) in [5.74, 6) is -0.235. The summed E-state index contributed by atoms with van der Waals surface area (Å²) >= 11 is 1.58. The third-order valence-corrected chi connectivity index (χ3v) is 5.08. The first-order valence-corrected chi connectivity index (χ1v) is 8.14. The number of methoxy groups -OCH3 is 1. The van der Waals surface area contributed by atoms with Crippen LogP contribution in [0.1, 0.15) is 31.4 Å². The van der Waals surface area contributed by atoms with Crippen molar-refractivity contribution in [1.82, 2.24) is 9.88 Å². The third-order valence-electron chi connectivity index (χ3n) is 4.25. The predicted octanol–water partition coefficient (Wildman–Crippen LogP) is 1.90. The van der Waals surface area contributed by atoms with Crippen LogP contribution in [0.2, 0.25) is 0 Å². The Morgan fingerprint density at radius 2 is 2.45 bits per heavy atom. The van der Waals surface area contributed by atoms with Crippen molar-refractivity contribution >= 4 is 22.4 Å². The first-order chi connectivity index (χ1) is 9.74. The molecule has 0 saturated carbocycles. The van der Waals surface area contributed by atoms with Gasteiger partial charge in [0.2, 0.25) is 0 Å². The Hall–Kier alpha value is -1.14. The van der Waals surface area contributed by atoms with E-state index in [0.29, 0.717) is 6.04 Å². The molecule has 0 amide bonds. The van der Waals surface area contributed by atoms with E-state index in [2.05, 4.69) is 19.9 Å². The van der Waals surface area contributed by atoms with Gasteiger partial charge in [0.25, 0.3) is 0 Å². The van der Waals surface area contributed by atoms with E-state index in [1.54, 1.807) is 11.3 Å². The standard InChI is InChI=1S/C14H21N3O2S/c1-19-13(18)8-11-9-20-14(16-11)15-10-4-6-17-5-2-3-12(17)7-10/h9-10,12H,2-8H2,1H3,(H,15,16). The molecule has 2 atom stereocenters. The third kappa shape index (κ3) is 3.12. The van der Waals surface area contributed by atoms with Crippen molar-refractivity contribution < 1.29 is 9.53 Å². The Kier molecular flexibility index (Phi) is 4.21. The second-order valence-corrected chi connectivity index (χ2v) is 6.45. The molecule has 0 spiro atoms. The largest absolute Gasteiger partial charge is 0.469 e. The van der Waals surface area contributed by atoms with Crippen molar-refractivity contribution in [2.75, 3.05) is 25.5 Å². The molecule has 0 bridgehead atoms. The van der Waals surface area contributed by atoms with Crippen LogP contribution < -0.4 is 5.32 Å². The van der Waals surface area contributed by atoms with Crippen LogP contribution in [0.25, 0.3) is 0 Å². The van der Waals surface area contributed by atoms with Crippen LogP contribution in [0.5, 0.6) is 0 Å². The molecule has 20 heavy (non-hydrogen) atoms. The van der Waals surface area contributed by atoms with Gasteiger partial charge in [-0.2, -0.15) is 0 Å². The summed E-state index contributed by atoms with van der Waals surface area (Å²) in [5, 5.41) is 6.40. The van der Waals surface area contributed by atoms with Crippen LogP contribution in [-0.2, 0) is 16.0 Å². The zero-order valence-corrected chi connectivity index (χ0v) is 12.6. The molecular formula is C14H21N3O2S. The normalized spacial score (nSPS) is 26.2. The van der Waals surface area contributed by atoms with Crippen molar-refractivity contribution in [1.29, 1.82) is 0 Å². The smallest absolute Gasteiger partial charge is 0.311 e. The molecule has 2 aliphatic rings. The Morgan fingerprint density at radius 1 is 1.55 bits per heavy atom. The number of hydrogen-bond acceptors (Lipinski definition) is 6. The summed E-state index contributed by atoms with van der Waals surface area (Å²) in [7, 11) is 1.41. The average Bonchev–Trinajstić information content (AvgIpc) is 3.07. The number of carbonyl (C=O) groups excluding carboxylic acids is 1. The van der Waals surface area contributed by atoms with Gasteiger partial charge in [0.1, 0.15) is 0 Å². The molecule has 0 aromatic carbocycles. The summed E-state index contributed by atoms with van der Waals surface area (Å²) in [4.78, 5) is 18.3. The van der Waals surface area contributed by atoms with Crippen molar-refractivity contribution in [2.24, 2.45) is 0 Å². The van der Waals surface area contributed by atoms with E-state index in [4.69, 9.17) is 0 Å².